The van der Waals surface area contributed by atoms with E-state index in [4.69, 9.17) is 0 Å². The Morgan fingerprint density at radius 1 is 0.521 bits per heavy atom. The normalized spacial score (nSPS) is 23.9. The van der Waals surface area contributed by atoms with Crippen molar-refractivity contribution in [1.82, 2.24) is 30.0 Å². The van der Waals surface area contributed by atoms with Gasteiger partial charge < -0.3 is 20.0 Å². The van der Waals surface area contributed by atoms with Crippen molar-refractivity contribution in [2.45, 2.75) is 158 Å². The first-order valence-corrected chi connectivity index (χ1v) is 21.8. The van der Waals surface area contributed by atoms with Crippen LogP contribution in [-0.2, 0) is 0 Å². The number of hydrazine groups is 1. The number of piperazine rings is 1. The molecule has 5 aliphatic heterocycles. The summed E-state index contributed by atoms with van der Waals surface area (Å²) >= 11 is 0. The van der Waals surface area contributed by atoms with Gasteiger partial charge in [-0.2, -0.15) is 0 Å². The molecule has 5 heterocycles. The first kappa shape index (κ1) is 43.9. The Bertz CT molecular complexity index is 691. The molecule has 6 heteroatoms. The van der Waals surface area contributed by atoms with E-state index in [1.165, 1.54) is 188 Å². The van der Waals surface area contributed by atoms with Crippen molar-refractivity contribution < 1.29 is 0 Å². The summed E-state index contributed by atoms with van der Waals surface area (Å²) in [6.45, 7) is 36.0. The smallest absolute Gasteiger partial charge is 0.0261 e. The lowest BCUT2D eigenvalue weighted by molar-refractivity contribution is -0.0772. The number of rotatable bonds is 11. The van der Waals surface area contributed by atoms with E-state index in [2.05, 4.69) is 85.4 Å². The Morgan fingerprint density at radius 2 is 0.979 bits per heavy atom. The summed E-state index contributed by atoms with van der Waals surface area (Å²) in [5.41, 5.74) is 0. The number of nitrogens with one attached hydrogen (secondary N) is 1. The minimum absolute atomic E-state index is 0.873. The van der Waals surface area contributed by atoms with Gasteiger partial charge in [0.1, 0.15) is 0 Å². The van der Waals surface area contributed by atoms with Crippen LogP contribution < -0.4 is 5.32 Å². The monoisotopic (exact) mass is 677 g/mol. The van der Waals surface area contributed by atoms with Gasteiger partial charge in [-0.05, 0) is 140 Å². The summed E-state index contributed by atoms with van der Waals surface area (Å²) in [5.74, 6) is 3.77. The fourth-order valence-corrected chi connectivity index (χ4v) is 8.45. The first-order valence-electron chi connectivity index (χ1n) is 21.8. The molecule has 48 heavy (non-hydrogen) atoms. The molecule has 1 N–H and O–H groups in total. The highest BCUT2D eigenvalue weighted by Crippen LogP contribution is 2.29. The Morgan fingerprint density at radius 3 is 1.44 bits per heavy atom. The third-order valence-electron chi connectivity index (χ3n) is 11.8. The van der Waals surface area contributed by atoms with Crippen LogP contribution in [-0.4, -0.2) is 122 Å². The molecule has 286 valence electrons. The second kappa shape index (κ2) is 27.4. The van der Waals surface area contributed by atoms with Crippen LogP contribution in [0.5, 0.6) is 0 Å². The largest absolute Gasteiger partial charge is 0.317 e. The molecule has 0 radical (unpaired) electrons. The Labute approximate surface area is 302 Å². The van der Waals surface area contributed by atoms with Crippen molar-refractivity contribution in [3.05, 3.63) is 0 Å². The maximum absolute atomic E-state index is 3.51. The van der Waals surface area contributed by atoms with E-state index < -0.39 is 0 Å². The molecule has 0 aromatic heterocycles. The van der Waals surface area contributed by atoms with Crippen molar-refractivity contribution in [1.29, 1.82) is 0 Å². The zero-order valence-electron chi connectivity index (χ0n) is 34.1. The predicted octanol–water partition coefficient (Wildman–Crippen LogP) is 8.87. The lowest BCUT2D eigenvalue weighted by Gasteiger charge is -2.45. The average molecular weight is 677 g/mol. The van der Waals surface area contributed by atoms with Crippen LogP contribution >= 0.6 is 0 Å². The first-order chi connectivity index (χ1) is 23.4. The van der Waals surface area contributed by atoms with E-state index in [1.807, 2.05) is 0 Å². The molecule has 5 rings (SSSR count). The Balaban J connectivity index is 0.000000639. The van der Waals surface area contributed by atoms with Crippen LogP contribution in [0.4, 0.5) is 0 Å². The van der Waals surface area contributed by atoms with Gasteiger partial charge in [-0.3, -0.25) is 0 Å². The van der Waals surface area contributed by atoms with Gasteiger partial charge in [0.15, 0.2) is 0 Å². The number of nitrogens with zero attached hydrogens (tertiary/aromatic N) is 5. The maximum Gasteiger partial charge on any atom is 0.0261 e. The van der Waals surface area contributed by atoms with Crippen LogP contribution in [0.25, 0.3) is 0 Å². The van der Waals surface area contributed by atoms with Crippen LogP contribution in [0.15, 0.2) is 0 Å². The summed E-state index contributed by atoms with van der Waals surface area (Å²) in [6, 6.07) is 0.873. The average Bonchev–Trinajstić information content (AvgIpc) is 3.12. The molecule has 0 atom stereocenters. The molecule has 6 nitrogen and oxygen atoms in total. The zero-order chi connectivity index (χ0) is 35.0. The van der Waals surface area contributed by atoms with Crippen LogP contribution in [0.3, 0.4) is 0 Å². The van der Waals surface area contributed by atoms with Gasteiger partial charge in [0.25, 0.3) is 0 Å². The highest BCUT2D eigenvalue weighted by atomic mass is 15.6. The number of unbranched alkanes of at least 4 members (excludes halogenated alkanes) is 2. The molecular weight excluding hydrogens is 589 g/mol. The van der Waals surface area contributed by atoms with Gasteiger partial charge in [-0.1, -0.05) is 87.5 Å². The van der Waals surface area contributed by atoms with Gasteiger partial charge in [0.05, 0.1) is 0 Å². The molecule has 5 saturated heterocycles. The van der Waals surface area contributed by atoms with Gasteiger partial charge in [0, 0.05) is 45.3 Å². The highest BCUT2D eigenvalue weighted by molar-refractivity contribution is 4.85. The summed E-state index contributed by atoms with van der Waals surface area (Å²) in [7, 11) is 0. The van der Waals surface area contributed by atoms with Gasteiger partial charge in [0.2, 0.25) is 0 Å². The molecular formula is C42H88N6. The van der Waals surface area contributed by atoms with E-state index in [9.17, 15) is 0 Å². The Hall–Kier alpha value is -0.240. The van der Waals surface area contributed by atoms with E-state index in [0.29, 0.717) is 0 Å². The quantitative estimate of drug-likeness (QED) is 0.235. The van der Waals surface area contributed by atoms with Crippen LogP contribution in [0.2, 0.25) is 0 Å². The van der Waals surface area contributed by atoms with Gasteiger partial charge in [-0.15, -0.1) is 0 Å². The summed E-state index contributed by atoms with van der Waals surface area (Å²) in [5, 5.41) is 8.93. The number of likely N-dealkylation sites (tertiary alicyclic amines) is 2. The van der Waals surface area contributed by atoms with Crippen molar-refractivity contribution in [2.75, 3.05) is 91.6 Å². The molecule has 0 aromatic rings. The van der Waals surface area contributed by atoms with E-state index >= 15 is 0 Å². The second-order valence-corrected chi connectivity index (χ2v) is 16.4. The standard InChI is InChI=1S/C31H60N6.C5H12.2C3H8/c1-27(2)30-9-19-35(20-10-30)31-11-17-33(18-12-31)15-6-29-7-21-36(22-8-29)37-25-23-34(24-26-37)16-5-28-3-13-32-14-4-28;1-3-5-4-2;2*1-3-2/h27-32H,3-26H2,1-2H3;3-5H2,1-2H3;2*3H2,1-2H3. The van der Waals surface area contributed by atoms with Crippen LogP contribution in [0.1, 0.15) is 152 Å². The maximum atomic E-state index is 3.51. The van der Waals surface area contributed by atoms with Gasteiger partial charge >= 0.3 is 0 Å². The molecule has 0 bridgehead atoms. The summed E-state index contributed by atoms with van der Waals surface area (Å²) in [6.07, 6.45) is 20.7. The van der Waals surface area contributed by atoms with Gasteiger partial charge in [-0.25, -0.2) is 10.0 Å². The molecule has 5 fully saturated rings. The highest BCUT2D eigenvalue weighted by Gasteiger charge is 2.30. The van der Waals surface area contributed by atoms with E-state index in [0.717, 1.165) is 29.7 Å². The predicted molar refractivity (Wildman–Crippen MR) is 213 cm³/mol. The minimum Gasteiger partial charge on any atom is -0.317 e. The molecule has 0 aliphatic carbocycles. The third kappa shape index (κ3) is 17.8. The Kier molecular flexibility index (Phi) is 25.1. The van der Waals surface area contributed by atoms with Crippen molar-refractivity contribution in [2.24, 2.45) is 23.7 Å². The third-order valence-corrected chi connectivity index (χ3v) is 11.8. The SMILES string of the molecule is CC(C)C1CCN(C2CCN(CCC3CCN(N4CCN(CCC5CCNCC5)CC4)CC3)CC2)CC1.CCC.CCC.CCCCC. The van der Waals surface area contributed by atoms with E-state index in [1.54, 1.807) is 0 Å². The number of hydrogen-bond donors (Lipinski definition) is 1. The molecule has 5 aliphatic rings. The number of piperidine rings is 4. The fourth-order valence-electron chi connectivity index (χ4n) is 8.45. The minimum atomic E-state index is 0.873. The summed E-state index contributed by atoms with van der Waals surface area (Å²) in [4.78, 5) is 8.38. The molecule has 0 unspecified atom stereocenters. The topological polar surface area (TPSA) is 28.2 Å². The number of hydrogen-bond acceptors (Lipinski definition) is 6. The molecule has 0 saturated carbocycles. The van der Waals surface area contributed by atoms with Crippen molar-refractivity contribution in [3.63, 3.8) is 0 Å². The lowest BCUT2D eigenvalue weighted by atomic mass is 9.85. The van der Waals surface area contributed by atoms with E-state index in [-0.39, 0.29) is 0 Å². The lowest BCUT2D eigenvalue weighted by Crippen LogP contribution is -2.55. The van der Waals surface area contributed by atoms with Crippen molar-refractivity contribution >= 4 is 0 Å². The second-order valence-electron chi connectivity index (χ2n) is 16.4. The fraction of sp³-hybridized carbons (Fsp3) is 1.00. The molecule has 0 amide bonds. The molecule has 0 spiro atoms. The van der Waals surface area contributed by atoms with Crippen molar-refractivity contribution in [3.8, 4) is 0 Å². The zero-order valence-corrected chi connectivity index (χ0v) is 34.1. The molecule has 0 aromatic carbocycles. The van der Waals surface area contributed by atoms with Crippen LogP contribution in [0, 0.1) is 23.7 Å². The summed E-state index contributed by atoms with van der Waals surface area (Å²) < 4.78 is 0.